The summed E-state index contributed by atoms with van der Waals surface area (Å²) >= 11 is 0. The lowest BCUT2D eigenvalue weighted by Gasteiger charge is -2.39. The van der Waals surface area contributed by atoms with Crippen LogP contribution in [0.1, 0.15) is 38.7 Å². The number of nitrogens with zero attached hydrogens (tertiary/aromatic N) is 1. The van der Waals surface area contributed by atoms with E-state index in [-0.39, 0.29) is 31.7 Å². The van der Waals surface area contributed by atoms with E-state index in [4.69, 9.17) is 14.9 Å². The Kier molecular flexibility index (Phi) is 6.27. The first-order chi connectivity index (χ1) is 13.0. The molecular weight excluding hydrogens is 368 g/mol. The van der Waals surface area contributed by atoms with Gasteiger partial charge in [0.2, 0.25) is 5.91 Å². The van der Waals surface area contributed by atoms with E-state index in [2.05, 4.69) is 5.32 Å². The van der Waals surface area contributed by atoms with Crippen molar-refractivity contribution < 1.29 is 34.1 Å². The number of nitrogens with one attached hydrogen (secondary N) is 1. The molecule has 2 amide bonds. The Morgan fingerprint density at radius 2 is 1.89 bits per heavy atom. The van der Waals surface area contributed by atoms with Gasteiger partial charge in [-0.05, 0) is 44.9 Å². The molecule has 1 aromatic rings. The van der Waals surface area contributed by atoms with Gasteiger partial charge in [0.15, 0.2) is 5.60 Å². The average Bonchev–Trinajstić information content (AvgIpc) is 2.59. The predicted octanol–water partition coefficient (Wildman–Crippen LogP) is 1.32. The van der Waals surface area contributed by atoms with Crippen LogP contribution in [0.4, 0.5) is 5.69 Å². The third-order valence-electron chi connectivity index (χ3n) is 4.37. The first-order valence-electron chi connectivity index (χ1n) is 8.87. The number of carboxylic acids is 2. The Morgan fingerprint density at radius 1 is 1.21 bits per heavy atom. The first kappa shape index (κ1) is 21.2. The average molecular weight is 392 g/mol. The lowest BCUT2D eigenvalue weighted by atomic mass is 10.0. The highest BCUT2D eigenvalue weighted by Gasteiger charge is 2.40. The Morgan fingerprint density at radius 3 is 2.50 bits per heavy atom. The second-order valence-electron chi connectivity index (χ2n) is 7.18. The summed E-state index contributed by atoms with van der Waals surface area (Å²) in [7, 11) is 0. The molecule has 9 heteroatoms. The van der Waals surface area contributed by atoms with E-state index >= 15 is 0 Å². The zero-order valence-corrected chi connectivity index (χ0v) is 16.0. The molecule has 0 aromatic heterocycles. The Labute approximate surface area is 162 Å². The van der Waals surface area contributed by atoms with Crippen LogP contribution in [0.5, 0.6) is 5.75 Å². The maximum Gasteiger partial charge on any atom is 0.326 e. The molecule has 3 N–H and O–H groups in total. The van der Waals surface area contributed by atoms with Crippen molar-refractivity contribution in [2.45, 2.75) is 51.7 Å². The summed E-state index contributed by atoms with van der Waals surface area (Å²) in [5, 5.41) is 20.1. The van der Waals surface area contributed by atoms with Crippen molar-refractivity contribution in [3.05, 3.63) is 23.8 Å². The minimum atomic E-state index is -1.31. The summed E-state index contributed by atoms with van der Waals surface area (Å²) in [5.74, 6) is -2.81. The number of fused-ring (bicyclic) bond motifs is 1. The number of aryl methyl sites for hydroxylation is 1. The van der Waals surface area contributed by atoms with Crippen molar-refractivity contribution in [1.29, 1.82) is 0 Å². The maximum absolute atomic E-state index is 12.8. The van der Waals surface area contributed by atoms with Crippen molar-refractivity contribution in [3.63, 3.8) is 0 Å². The Bertz CT molecular complexity index is 803. The topological polar surface area (TPSA) is 133 Å². The second-order valence-corrected chi connectivity index (χ2v) is 7.18. The standard InChI is InChI=1S/C19H24N2O7/c1-11-4-6-14-13(10-11)21(18(27)19(2,3)28-14)9-8-15(22)20-12(17(25)26)5-7-16(23)24/h4,6,10,12H,5,7-9H2,1-3H3,(H,20,22)(H,23,24)(H,25,26). The van der Waals surface area contributed by atoms with E-state index in [9.17, 15) is 19.2 Å². The summed E-state index contributed by atoms with van der Waals surface area (Å²) in [4.78, 5) is 48.2. The van der Waals surface area contributed by atoms with Gasteiger partial charge in [-0.15, -0.1) is 0 Å². The molecule has 0 fully saturated rings. The molecule has 2 rings (SSSR count). The lowest BCUT2D eigenvalue weighted by Crippen LogP contribution is -2.53. The number of anilines is 1. The van der Waals surface area contributed by atoms with Crippen molar-refractivity contribution in [1.82, 2.24) is 5.32 Å². The van der Waals surface area contributed by atoms with Crippen LogP contribution in [0.25, 0.3) is 0 Å². The summed E-state index contributed by atoms with van der Waals surface area (Å²) in [6, 6.07) is 4.11. The van der Waals surface area contributed by atoms with Crippen LogP contribution in [0.3, 0.4) is 0 Å². The SMILES string of the molecule is Cc1ccc2c(c1)N(CCC(=O)NC(CCC(=O)O)C(=O)O)C(=O)C(C)(C)O2. The number of amides is 2. The van der Waals surface area contributed by atoms with Gasteiger partial charge in [0.25, 0.3) is 5.91 Å². The van der Waals surface area contributed by atoms with Crippen LogP contribution in [-0.2, 0) is 19.2 Å². The third-order valence-corrected chi connectivity index (χ3v) is 4.37. The van der Waals surface area contributed by atoms with E-state index in [0.717, 1.165) is 5.56 Å². The van der Waals surface area contributed by atoms with Crippen molar-refractivity contribution in [3.8, 4) is 5.75 Å². The van der Waals surface area contributed by atoms with Crippen molar-refractivity contribution in [2.24, 2.45) is 0 Å². The Hall–Kier alpha value is -3.10. The number of hydrogen-bond donors (Lipinski definition) is 3. The van der Waals surface area contributed by atoms with Gasteiger partial charge < -0.3 is 25.2 Å². The number of ether oxygens (including phenoxy) is 1. The molecular formula is C19H24N2O7. The van der Waals surface area contributed by atoms with Crippen LogP contribution >= 0.6 is 0 Å². The first-order valence-corrected chi connectivity index (χ1v) is 8.87. The second kappa shape index (κ2) is 8.28. The smallest absolute Gasteiger partial charge is 0.326 e. The molecule has 0 bridgehead atoms. The molecule has 0 saturated carbocycles. The highest BCUT2D eigenvalue weighted by Crippen LogP contribution is 2.38. The molecule has 152 valence electrons. The quantitative estimate of drug-likeness (QED) is 0.607. The van der Waals surface area contributed by atoms with E-state index in [1.165, 1.54) is 4.90 Å². The molecule has 1 aliphatic heterocycles. The summed E-state index contributed by atoms with van der Waals surface area (Å²) in [5.41, 5.74) is 0.380. The van der Waals surface area contributed by atoms with E-state index < -0.39 is 29.5 Å². The summed E-state index contributed by atoms with van der Waals surface area (Å²) in [6.07, 6.45) is -0.728. The maximum atomic E-state index is 12.8. The molecule has 0 aliphatic carbocycles. The molecule has 28 heavy (non-hydrogen) atoms. The van der Waals surface area contributed by atoms with Crippen LogP contribution in [0.2, 0.25) is 0 Å². The number of aliphatic carboxylic acids is 2. The molecule has 1 unspecified atom stereocenters. The zero-order chi connectivity index (χ0) is 21.1. The fourth-order valence-corrected chi connectivity index (χ4v) is 2.90. The number of carbonyl (C=O) groups is 4. The highest BCUT2D eigenvalue weighted by atomic mass is 16.5. The number of carboxylic acid groups (broad SMARTS) is 2. The van der Waals surface area contributed by atoms with E-state index in [0.29, 0.717) is 11.4 Å². The van der Waals surface area contributed by atoms with Crippen LogP contribution in [0, 0.1) is 6.92 Å². The van der Waals surface area contributed by atoms with Gasteiger partial charge >= 0.3 is 11.9 Å². The highest BCUT2D eigenvalue weighted by molar-refractivity contribution is 6.02. The number of benzene rings is 1. The fraction of sp³-hybridized carbons (Fsp3) is 0.474. The van der Waals surface area contributed by atoms with Gasteiger partial charge in [-0.3, -0.25) is 14.4 Å². The molecule has 9 nitrogen and oxygen atoms in total. The molecule has 1 aliphatic rings. The lowest BCUT2D eigenvalue weighted by molar-refractivity contribution is -0.143. The van der Waals surface area contributed by atoms with Gasteiger partial charge in [-0.25, -0.2) is 4.79 Å². The number of rotatable bonds is 8. The summed E-state index contributed by atoms with van der Waals surface area (Å²) in [6.45, 7) is 5.18. The largest absolute Gasteiger partial charge is 0.481 e. The zero-order valence-electron chi connectivity index (χ0n) is 16.0. The van der Waals surface area contributed by atoms with E-state index in [1.807, 2.05) is 13.0 Å². The number of carbonyl (C=O) groups excluding carboxylic acids is 2. The van der Waals surface area contributed by atoms with Crippen LogP contribution in [-0.4, -0.2) is 52.2 Å². The molecule has 1 heterocycles. The van der Waals surface area contributed by atoms with Gasteiger partial charge in [0, 0.05) is 19.4 Å². The van der Waals surface area contributed by atoms with Gasteiger partial charge in [-0.1, -0.05) is 6.07 Å². The summed E-state index contributed by atoms with van der Waals surface area (Å²) < 4.78 is 5.75. The van der Waals surface area contributed by atoms with E-state index in [1.54, 1.807) is 26.0 Å². The normalized spacial score (nSPS) is 16.0. The van der Waals surface area contributed by atoms with Gasteiger partial charge in [0.1, 0.15) is 11.8 Å². The van der Waals surface area contributed by atoms with Crippen molar-refractivity contribution in [2.75, 3.05) is 11.4 Å². The minimum Gasteiger partial charge on any atom is -0.481 e. The fourth-order valence-electron chi connectivity index (χ4n) is 2.90. The Balaban J connectivity index is 2.09. The molecule has 0 saturated heterocycles. The third kappa shape index (κ3) is 4.99. The number of hydrogen-bond acceptors (Lipinski definition) is 5. The predicted molar refractivity (Wildman–Crippen MR) is 99.3 cm³/mol. The minimum absolute atomic E-state index is 0.0409. The van der Waals surface area contributed by atoms with Gasteiger partial charge in [-0.2, -0.15) is 0 Å². The molecule has 1 aromatic carbocycles. The molecule has 0 spiro atoms. The molecule has 1 atom stereocenters. The van der Waals surface area contributed by atoms with Crippen molar-refractivity contribution >= 4 is 29.4 Å². The van der Waals surface area contributed by atoms with Crippen LogP contribution < -0.4 is 15.0 Å². The van der Waals surface area contributed by atoms with Crippen LogP contribution in [0.15, 0.2) is 18.2 Å². The van der Waals surface area contributed by atoms with Gasteiger partial charge in [0.05, 0.1) is 5.69 Å². The molecule has 0 radical (unpaired) electrons. The monoisotopic (exact) mass is 392 g/mol.